The van der Waals surface area contributed by atoms with Crippen molar-refractivity contribution in [1.29, 1.82) is 0 Å². The number of benzene rings is 3. The van der Waals surface area contributed by atoms with E-state index >= 15 is 0 Å². The normalized spacial score (nSPS) is 15.6. The standard InChI is InChI=1S/C25H20N2O4S/c1-16-6-8-18(9-7-16)24(29)31-21-5-3-4-17(14-21)15-22-23(28)27-25(32-22)26-19-10-12-20(30-2)13-11-19/h3-15H,1-2H3,(H,26,27,28)/b22-15-. The first-order chi connectivity index (χ1) is 15.5. The Morgan fingerprint density at radius 1 is 1.00 bits per heavy atom. The molecule has 7 heteroatoms. The minimum Gasteiger partial charge on any atom is -0.497 e. The zero-order chi connectivity index (χ0) is 22.5. The molecule has 4 rings (SSSR count). The van der Waals surface area contributed by atoms with Crippen LogP contribution in [-0.2, 0) is 4.79 Å². The van der Waals surface area contributed by atoms with Crippen molar-refractivity contribution in [3.63, 3.8) is 0 Å². The monoisotopic (exact) mass is 444 g/mol. The van der Waals surface area contributed by atoms with Crippen LogP contribution in [0, 0.1) is 6.92 Å². The van der Waals surface area contributed by atoms with Gasteiger partial charge in [0.05, 0.1) is 23.3 Å². The van der Waals surface area contributed by atoms with Crippen LogP contribution in [0.1, 0.15) is 21.5 Å². The highest BCUT2D eigenvalue weighted by molar-refractivity contribution is 8.18. The van der Waals surface area contributed by atoms with Crippen LogP contribution < -0.4 is 14.8 Å². The molecule has 0 aromatic heterocycles. The number of carbonyl (C=O) groups is 2. The van der Waals surface area contributed by atoms with Crippen molar-refractivity contribution in [3.8, 4) is 11.5 Å². The molecular weight excluding hydrogens is 424 g/mol. The fraction of sp³-hybridized carbons (Fsp3) is 0.0800. The second kappa shape index (κ2) is 9.53. The van der Waals surface area contributed by atoms with Gasteiger partial charge in [0.15, 0.2) is 5.17 Å². The number of aliphatic imine (C=N–C) groups is 1. The second-order valence-corrected chi connectivity index (χ2v) is 8.04. The molecule has 0 unspecified atom stereocenters. The summed E-state index contributed by atoms with van der Waals surface area (Å²) in [6.45, 7) is 1.95. The van der Waals surface area contributed by atoms with Crippen LogP contribution in [0.2, 0.25) is 0 Å². The Balaban J connectivity index is 1.47. The summed E-state index contributed by atoms with van der Waals surface area (Å²) in [6.07, 6.45) is 1.74. The molecule has 0 bridgehead atoms. The number of hydrogen-bond acceptors (Lipinski definition) is 6. The molecule has 0 aliphatic carbocycles. The summed E-state index contributed by atoms with van der Waals surface area (Å²) in [5.74, 6) is 0.474. The number of ether oxygens (including phenoxy) is 2. The van der Waals surface area contributed by atoms with Gasteiger partial charge in [-0.2, -0.15) is 0 Å². The van der Waals surface area contributed by atoms with Crippen molar-refractivity contribution in [2.24, 2.45) is 4.99 Å². The molecule has 6 nitrogen and oxygen atoms in total. The van der Waals surface area contributed by atoms with E-state index in [1.165, 1.54) is 11.8 Å². The third kappa shape index (κ3) is 5.25. The van der Waals surface area contributed by atoms with E-state index in [0.717, 1.165) is 16.9 Å². The quantitative estimate of drug-likeness (QED) is 0.336. The molecular formula is C25H20N2O4S. The van der Waals surface area contributed by atoms with Crippen LogP contribution in [-0.4, -0.2) is 24.2 Å². The summed E-state index contributed by atoms with van der Waals surface area (Å²) < 4.78 is 10.6. The minimum absolute atomic E-state index is 0.232. The first kappa shape index (κ1) is 21.4. The number of amidine groups is 1. The molecule has 32 heavy (non-hydrogen) atoms. The van der Waals surface area contributed by atoms with Gasteiger partial charge in [0.25, 0.3) is 5.91 Å². The van der Waals surface area contributed by atoms with Crippen molar-refractivity contribution < 1.29 is 19.1 Å². The first-order valence-electron chi connectivity index (χ1n) is 9.83. The lowest BCUT2D eigenvalue weighted by Crippen LogP contribution is -2.19. The van der Waals surface area contributed by atoms with Crippen LogP contribution in [0.15, 0.2) is 82.7 Å². The zero-order valence-electron chi connectivity index (χ0n) is 17.5. The molecule has 1 amide bonds. The molecule has 0 spiro atoms. The minimum atomic E-state index is -0.434. The fourth-order valence-corrected chi connectivity index (χ4v) is 3.77. The lowest BCUT2D eigenvalue weighted by Gasteiger charge is -2.05. The molecule has 1 aliphatic rings. The third-order valence-corrected chi connectivity index (χ3v) is 5.52. The average Bonchev–Trinajstić information content (AvgIpc) is 3.13. The molecule has 3 aromatic rings. The molecule has 0 atom stereocenters. The average molecular weight is 445 g/mol. The molecule has 1 fully saturated rings. The van der Waals surface area contributed by atoms with Gasteiger partial charge >= 0.3 is 5.97 Å². The predicted octanol–water partition coefficient (Wildman–Crippen LogP) is 5.11. The molecule has 1 N–H and O–H groups in total. The van der Waals surface area contributed by atoms with Gasteiger partial charge in [-0.3, -0.25) is 4.79 Å². The maximum atomic E-state index is 12.4. The summed E-state index contributed by atoms with van der Waals surface area (Å²) in [5.41, 5.74) is 2.99. The van der Waals surface area contributed by atoms with Crippen LogP contribution in [0.25, 0.3) is 6.08 Å². The molecule has 160 valence electrons. The summed E-state index contributed by atoms with van der Waals surface area (Å²) >= 11 is 1.25. The van der Waals surface area contributed by atoms with E-state index in [1.807, 2.05) is 37.3 Å². The lowest BCUT2D eigenvalue weighted by atomic mass is 10.1. The number of rotatable bonds is 5. The van der Waals surface area contributed by atoms with E-state index in [-0.39, 0.29) is 5.91 Å². The number of thioether (sulfide) groups is 1. The molecule has 3 aromatic carbocycles. The van der Waals surface area contributed by atoms with Crippen LogP contribution in [0.3, 0.4) is 0 Å². The van der Waals surface area contributed by atoms with Crippen molar-refractivity contribution >= 4 is 40.6 Å². The van der Waals surface area contributed by atoms with Gasteiger partial charge < -0.3 is 14.8 Å². The Hall–Kier alpha value is -3.84. The molecule has 1 saturated heterocycles. The largest absolute Gasteiger partial charge is 0.497 e. The van der Waals surface area contributed by atoms with Gasteiger partial charge in [0.2, 0.25) is 0 Å². The molecule has 0 radical (unpaired) electrons. The Kier molecular flexibility index (Phi) is 6.37. The maximum Gasteiger partial charge on any atom is 0.343 e. The van der Waals surface area contributed by atoms with Gasteiger partial charge in [-0.05, 0) is 78.9 Å². The number of aryl methyl sites for hydroxylation is 1. The van der Waals surface area contributed by atoms with Crippen molar-refractivity contribution in [2.45, 2.75) is 6.92 Å². The van der Waals surface area contributed by atoms with Crippen LogP contribution in [0.5, 0.6) is 11.5 Å². The number of nitrogens with one attached hydrogen (secondary N) is 1. The topological polar surface area (TPSA) is 77.0 Å². The first-order valence-corrected chi connectivity index (χ1v) is 10.6. The van der Waals surface area contributed by atoms with Gasteiger partial charge in [0, 0.05) is 0 Å². The summed E-state index contributed by atoms with van der Waals surface area (Å²) in [7, 11) is 1.60. The summed E-state index contributed by atoms with van der Waals surface area (Å²) in [5, 5.41) is 3.26. The molecule has 1 aliphatic heterocycles. The van der Waals surface area contributed by atoms with Gasteiger partial charge in [-0.25, -0.2) is 9.79 Å². The highest BCUT2D eigenvalue weighted by atomic mass is 32.2. The Morgan fingerprint density at radius 3 is 2.47 bits per heavy atom. The zero-order valence-corrected chi connectivity index (χ0v) is 18.3. The van der Waals surface area contributed by atoms with Crippen molar-refractivity contribution in [1.82, 2.24) is 5.32 Å². The van der Waals surface area contributed by atoms with E-state index < -0.39 is 5.97 Å². The summed E-state index contributed by atoms with van der Waals surface area (Å²) in [4.78, 5) is 29.7. The second-order valence-electron chi connectivity index (χ2n) is 7.01. The number of esters is 1. The van der Waals surface area contributed by atoms with E-state index in [2.05, 4.69) is 10.3 Å². The summed E-state index contributed by atoms with van der Waals surface area (Å²) in [6, 6.07) is 21.4. The van der Waals surface area contributed by atoms with Gasteiger partial charge in [0.1, 0.15) is 11.5 Å². The Labute approximate surface area is 190 Å². The van der Waals surface area contributed by atoms with E-state index in [9.17, 15) is 9.59 Å². The number of nitrogens with zero attached hydrogens (tertiary/aromatic N) is 1. The van der Waals surface area contributed by atoms with E-state index in [0.29, 0.717) is 27.1 Å². The number of carbonyl (C=O) groups excluding carboxylic acids is 2. The highest BCUT2D eigenvalue weighted by Gasteiger charge is 2.23. The predicted molar refractivity (Wildman–Crippen MR) is 126 cm³/mol. The number of methoxy groups -OCH3 is 1. The van der Waals surface area contributed by atoms with Crippen molar-refractivity contribution in [2.75, 3.05) is 7.11 Å². The fourth-order valence-electron chi connectivity index (χ4n) is 2.93. The third-order valence-electron chi connectivity index (χ3n) is 4.61. The van der Waals surface area contributed by atoms with Gasteiger partial charge in [-0.15, -0.1) is 0 Å². The lowest BCUT2D eigenvalue weighted by molar-refractivity contribution is -0.115. The highest BCUT2D eigenvalue weighted by Crippen LogP contribution is 2.29. The van der Waals surface area contributed by atoms with Crippen LogP contribution in [0.4, 0.5) is 5.69 Å². The van der Waals surface area contributed by atoms with Gasteiger partial charge in [-0.1, -0.05) is 29.8 Å². The Morgan fingerprint density at radius 2 is 1.75 bits per heavy atom. The molecule has 0 saturated carbocycles. The number of hydrogen-bond donors (Lipinski definition) is 1. The smallest absolute Gasteiger partial charge is 0.343 e. The molecule has 1 heterocycles. The van der Waals surface area contributed by atoms with E-state index in [1.54, 1.807) is 55.7 Å². The van der Waals surface area contributed by atoms with E-state index in [4.69, 9.17) is 9.47 Å². The van der Waals surface area contributed by atoms with Crippen molar-refractivity contribution in [3.05, 3.63) is 94.4 Å². The van der Waals surface area contributed by atoms with Crippen LogP contribution >= 0.6 is 11.8 Å². The number of amides is 1. The Bertz CT molecular complexity index is 1220. The maximum absolute atomic E-state index is 12.4. The SMILES string of the molecule is COc1ccc(N=C2NC(=O)/C(=C/c3cccc(OC(=O)c4ccc(C)cc4)c3)S2)cc1.